The molecule has 1 aliphatic heterocycles. The molecule has 2 aliphatic rings. The fourth-order valence-corrected chi connectivity index (χ4v) is 5.39. The SMILES string of the molecule is Cn1nc(C2CCN(C(=O)Cc3cccc4ccccc34)CC2)n(C2CCCC2)c1=O. The highest BCUT2D eigenvalue weighted by atomic mass is 16.2. The van der Waals surface area contributed by atoms with Crippen LogP contribution < -0.4 is 5.69 Å². The fourth-order valence-electron chi connectivity index (χ4n) is 5.39. The van der Waals surface area contributed by atoms with E-state index in [0.717, 1.165) is 55.5 Å². The number of amides is 1. The average molecular weight is 419 g/mol. The highest BCUT2D eigenvalue weighted by Gasteiger charge is 2.31. The molecule has 0 radical (unpaired) electrons. The van der Waals surface area contributed by atoms with Gasteiger partial charge in [-0.15, -0.1) is 0 Å². The van der Waals surface area contributed by atoms with E-state index in [1.54, 1.807) is 7.05 Å². The van der Waals surface area contributed by atoms with Gasteiger partial charge in [-0.1, -0.05) is 55.3 Å². The predicted molar refractivity (Wildman–Crippen MR) is 121 cm³/mol. The average Bonchev–Trinajstić information content (AvgIpc) is 3.42. The molecule has 0 atom stereocenters. The number of aryl methyl sites for hydroxylation is 1. The predicted octanol–water partition coefficient (Wildman–Crippen LogP) is 3.80. The van der Waals surface area contributed by atoms with Gasteiger partial charge in [-0.05, 0) is 42.0 Å². The summed E-state index contributed by atoms with van der Waals surface area (Å²) in [6.45, 7) is 1.45. The normalized spacial score (nSPS) is 18.2. The van der Waals surface area contributed by atoms with Gasteiger partial charge in [0.1, 0.15) is 5.82 Å². The summed E-state index contributed by atoms with van der Waals surface area (Å²) in [6.07, 6.45) is 6.68. The van der Waals surface area contributed by atoms with Crippen molar-refractivity contribution in [3.8, 4) is 0 Å². The Balaban J connectivity index is 1.28. The summed E-state index contributed by atoms with van der Waals surface area (Å²) < 4.78 is 3.46. The van der Waals surface area contributed by atoms with E-state index in [1.165, 1.54) is 22.9 Å². The number of rotatable bonds is 4. The second-order valence-electron chi connectivity index (χ2n) is 9.04. The third-order valence-corrected chi connectivity index (χ3v) is 7.11. The van der Waals surface area contributed by atoms with Gasteiger partial charge >= 0.3 is 5.69 Å². The van der Waals surface area contributed by atoms with Crippen LogP contribution in [0.2, 0.25) is 0 Å². The molecular weight excluding hydrogens is 388 g/mol. The van der Waals surface area contributed by atoms with Crippen LogP contribution in [0.1, 0.15) is 61.9 Å². The van der Waals surface area contributed by atoms with Crippen molar-refractivity contribution in [3.05, 3.63) is 64.3 Å². The second kappa shape index (κ2) is 8.33. The van der Waals surface area contributed by atoms with Crippen LogP contribution in [0.3, 0.4) is 0 Å². The number of hydrogen-bond donors (Lipinski definition) is 0. The molecule has 1 amide bonds. The van der Waals surface area contributed by atoms with Crippen molar-refractivity contribution in [1.82, 2.24) is 19.2 Å². The molecule has 2 heterocycles. The van der Waals surface area contributed by atoms with Crippen LogP contribution in [-0.2, 0) is 18.3 Å². The van der Waals surface area contributed by atoms with Crippen molar-refractivity contribution < 1.29 is 4.79 Å². The molecule has 0 spiro atoms. The van der Waals surface area contributed by atoms with Crippen LogP contribution >= 0.6 is 0 Å². The van der Waals surface area contributed by atoms with E-state index in [0.29, 0.717) is 12.5 Å². The first-order valence-electron chi connectivity index (χ1n) is 11.5. The Morgan fingerprint density at radius 3 is 2.48 bits per heavy atom. The molecule has 31 heavy (non-hydrogen) atoms. The zero-order valence-corrected chi connectivity index (χ0v) is 18.2. The van der Waals surface area contributed by atoms with Crippen molar-refractivity contribution in [1.29, 1.82) is 0 Å². The van der Waals surface area contributed by atoms with E-state index in [4.69, 9.17) is 0 Å². The maximum atomic E-state index is 13.0. The smallest absolute Gasteiger partial charge is 0.342 e. The third-order valence-electron chi connectivity index (χ3n) is 7.11. The summed E-state index contributed by atoms with van der Waals surface area (Å²) >= 11 is 0. The zero-order valence-electron chi connectivity index (χ0n) is 18.2. The summed E-state index contributed by atoms with van der Waals surface area (Å²) in [5.41, 5.74) is 1.10. The van der Waals surface area contributed by atoms with E-state index in [9.17, 15) is 9.59 Å². The largest absolute Gasteiger partial charge is 0.345 e. The number of piperidine rings is 1. The monoisotopic (exact) mass is 418 g/mol. The van der Waals surface area contributed by atoms with E-state index >= 15 is 0 Å². The molecule has 162 valence electrons. The number of fused-ring (bicyclic) bond motifs is 1. The maximum Gasteiger partial charge on any atom is 0.345 e. The van der Waals surface area contributed by atoms with Gasteiger partial charge in [0.05, 0.1) is 6.42 Å². The Bertz CT molecular complexity index is 1140. The number of aromatic nitrogens is 3. The number of hydrogen-bond acceptors (Lipinski definition) is 3. The molecule has 0 N–H and O–H groups in total. The van der Waals surface area contributed by atoms with Gasteiger partial charge in [-0.25, -0.2) is 9.48 Å². The van der Waals surface area contributed by atoms with Crippen molar-refractivity contribution in [2.24, 2.45) is 7.05 Å². The Kier molecular flexibility index (Phi) is 5.38. The van der Waals surface area contributed by atoms with E-state index in [2.05, 4.69) is 29.4 Å². The minimum Gasteiger partial charge on any atom is -0.342 e. The highest BCUT2D eigenvalue weighted by molar-refractivity contribution is 5.90. The molecule has 5 rings (SSSR count). The summed E-state index contributed by atoms with van der Waals surface area (Å²) in [5.74, 6) is 1.36. The lowest BCUT2D eigenvalue weighted by Crippen LogP contribution is -2.39. The molecule has 1 saturated heterocycles. The van der Waals surface area contributed by atoms with Crippen molar-refractivity contribution in [2.75, 3.05) is 13.1 Å². The summed E-state index contributed by atoms with van der Waals surface area (Å²) in [6, 6.07) is 14.7. The zero-order chi connectivity index (χ0) is 21.4. The van der Waals surface area contributed by atoms with E-state index in [-0.39, 0.29) is 17.5 Å². The van der Waals surface area contributed by atoms with E-state index in [1.807, 2.05) is 27.7 Å². The fraction of sp³-hybridized carbons (Fsp3) is 0.480. The lowest BCUT2D eigenvalue weighted by atomic mass is 9.94. The lowest BCUT2D eigenvalue weighted by molar-refractivity contribution is -0.131. The molecule has 3 aromatic rings. The molecular formula is C25H30N4O2. The van der Waals surface area contributed by atoms with Gasteiger partial charge in [0.2, 0.25) is 5.91 Å². The highest BCUT2D eigenvalue weighted by Crippen LogP contribution is 2.33. The molecule has 1 saturated carbocycles. The van der Waals surface area contributed by atoms with Crippen molar-refractivity contribution >= 4 is 16.7 Å². The minimum absolute atomic E-state index is 0.0105. The number of nitrogens with zero attached hydrogens (tertiary/aromatic N) is 4. The first-order chi connectivity index (χ1) is 15.1. The molecule has 1 aromatic heterocycles. The quantitative estimate of drug-likeness (QED) is 0.648. The van der Waals surface area contributed by atoms with Crippen LogP contribution in [0.25, 0.3) is 10.8 Å². The molecule has 0 unspecified atom stereocenters. The first-order valence-corrected chi connectivity index (χ1v) is 11.5. The van der Waals surface area contributed by atoms with Crippen molar-refractivity contribution in [3.63, 3.8) is 0 Å². The Hall–Kier alpha value is -2.89. The van der Waals surface area contributed by atoms with Crippen LogP contribution in [0.15, 0.2) is 47.3 Å². The first kappa shape index (κ1) is 20.0. The van der Waals surface area contributed by atoms with Gasteiger partial charge in [0, 0.05) is 32.1 Å². The molecule has 6 heteroatoms. The number of likely N-dealkylation sites (tertiary alicyclic amines) is 1. The number of carbonyl (C=O) groups excluding carboxylic acids is 1. The lowest BCUT2D eigenvalue weighted by Gasteiger charge is -2.32. The number of carbonyl (C=O) groups is 1. The molecule has 6 nitrogen and oxygen atoms in total. The minimum atomic E-state index is 0.0105. The standard InChI is InChI=1S/C25H30N4O2/c1-27-25(31)29(21-10-3-4-11-21)24(26-27)19-13-15-28(16-14-19)23(30)17-20-9-6-8-18-7-2-5-12-22(18)20/h2,5-9,12,19,21H,3-4,10-11,13-17H2,1H3. The topological polar surface area (TPSA) is 60.1 Å². The van der Waals surface area contributed by atoms with Crippen LogP contribution in [0, 0.1) is 0 Å². The molecule has 1 aliphatic carbocycles. The van der Waals surface area contributed by atoms with Gasteiger partial charge in [-0.3, -0.25) is 9.36 Å². The Morgan fingerprint density at radius 2 is 1.71 bits per heavy atom. The van der Waals surface area contributed by atoms with E-state index < -0.39 is 0 Å². The second-order valence-corrected chi connectivity index (χ2v) is 9.04. The maximum absolute atomic E-state index is 13.0. The Labute approximate surface area is 182 Å². The summed E-state index contributed by atoms with van der Waals surface area (Å²) in [5, 5.41) is 6.94. The molecule has 2 fully saturated rings. The third kappa shape index (κ3) is 3.80. The molecule has 0 bridgehead atoms. The summed E-state index contributed by atoms with van der Waals surface area (Å²) in [4.78, 5) is 27.7. The van der Waals surface area contributed by atoms with Crippen LogP contribution in [0.5, 0.6) is 0 Å². The van der Waals surface area contributed by atoms with Gasteiger partial charge in [-0.2, -0.15) is 5.10 Å². The van der Waals surface area contributed by atoms with Gasteiger partial charge in [0.15, 0.2) is 0 Å². The molecule has 2 aromatic carbocycles. The van der Waals surface area contributed by atoms with Crippen LogP contribution in [0.4, 0.5) is 0 Å². The Morgan fingerprint density at radius 1 is 1.00 bits per heavy atom. The van der Waals surface area contributed by atoms with Gasteiger partial charge < -0.3 is 4.90 Å². The van der Waals surface area contributed by atoms with Crippen LogP contribution in [-0.4, -0.2) is 38.2 Å². The van der Waals surface area contributed by atoms with Crippen molar-refractivity contribution in [2.45, 2.75) is 56.9 Å². The number of benzene rings is 2. The van der Waals surface area contributed by atoms with Gasteiger partial charge in [0.25, 0.3) is 0 Å². The summed E-state index contributed by atoms with van der Waals surface area (Å²) in [7, 11) is 1.75.